The van der Waals surface area contributed by atoms with Gasteiger partial charge >= 0.3 is 0 Å². The van der Waals surface area contributed by atoms with Crippen LogP contribution in [0.25, 0.3) is 11.1 Å². The van der Waals surface area contributed by atoms with Crippen LogP contribution in [0.3, 0.4) is 0 Å². The van der Waals surface area contributed by atoms with Crippen LogP contribution in [-0.2, 0) is 22.6 Å². The standard InChI is InChI=1S/C33H33N5O6/c1-42-29-13-21-7-11-28(29)43-20-32(40)34-15-22-5-9-26(10-6-22)44-30-19-38(18-27(30)37-31(39)12-8-21)33(41)24-4-2-3-23(14-24)25-16-35-36-17-25/h2-7,9-11,13-14,16-17,27,30H,8,12,15,18-20H2,1H3,(H,34,40)(H,35,36)(H,37,39)/t27-,30-/m0/s1. The van der Waals surface area contributed by atoms with Gasteiger partial charge in [-0.3, -0.25) is 19.5 Å². The van der Waals surface area contributed by atoms with E-state index in [2.05, 4.69) is 20.8 Å². The van der Waals surface area contributed by atoms with Crippen molar-refractivity contribution in [2.24, 2.45) is 0 Å². The molecule has 3 N–H and O–H groups in total. The summed E-state index contributed by atoms with van der Waals surface area (Å²) in [5, 5.41) is 12.8. The Morgan fingerprint density at radius 3 is 2.59 bits per heavy atom. The van der Waals surface area contributed by atoms with Crippen LogP contribution in [-0.4, -0.2) is 71.8 Å². The van der Waals surface area contributed by atoms with E-state index in [1.54, 1.807) is 35.5 Å². The van der Waals surface area contributed by atoms with Crippen LogP contribution in [0, 0.1) is 0 Å². The van der Waals surface area contributed by atoms with Crippen LogP contribution in [0.4, 0.5) is 0 Å². The van der Waals surface area contributed by atoms with Crippen molar-refractivity contribution < 1.29 is 28.6 Å². The smallest absolute Gasteiger partial charge is 0.258 e. The molecule has 3 amide bonds. The quantitative estimate of drug-likeness (QED) is 0.331. The van der Waals surface area contributed by atoms with Gasteiger partial charge in [-0.25, -0.2) is 0 Å². The van der Waals surface area contributed by atoms with Gasteiger partial charge < -0.3 is 29.7 Å². The zero-order valence-electron chi connectivity index (χ0n) is 24.2. The van der Waals surface area contributed by atoms with Gasteiger partial charge in [-0.1, -0.05) is 30.3 Å². The predicted molar refractivity (Wildman–Crippen MR) is 161 cm³/mol. The van der Waals surface area contributed by atoms with Gasteiger partial charge in [0.05, 0.1) is 25.9 Å². The number of amides is 3. The lowest BCUT2D eigenvalue weighted by Crippen LogP contribution is -2.45. The Labute approximate surface area is 254 Å². The van der Waals surface area contributed by atoms with Gasteiger partial charge in [-0.05, 0) is 59.5 Å². The molecule has 226 valence electrons. The molecule has 4 bridgehead atoms. The van der Waals surface area contributed by atoms with E-state index in [0.29, 0.717) is 48.9 Å². The van der Waals surface area contributed by atoms with Gasteiger partial charge in [0.2, 0.25) is 5.91 Å². The van der Waals surface area contributed by atoms with Gasteiger partial charge in [-0.15, -0.1) is 0 Å². The molecule has 11 nitrogen and oxygen atoms in total. The summed E-state index contributed by atoms with van der Waals surface area (Å²) < 4.78 is 17.5. The number of rotatable bonds is 3. The van der Waals surface area contributed by atoms with Crippen molar-refractivity contribution in [3.8, 4) is 28.4 Å². The van der Waals surface area contributed by atoms with Gasteiger partial charge in [0.1, 0.15) is 11.9 Å². The molecular weight excluding hydrogens is 562 g/mol. The van der Waals surface area contributed by atoms with Crippen molar-refractivity contribution in [1.82, 2.24) is 25.7 Å². The number of nitrogens with zero attached hydrogens (tertiary/aromatic N) is 2. The van der Waals surface area contributed by atoms with Gasteiger partial charge in [0, 0.05) is 36.8 Å². The maximum Gasteiger partial charge on any atom is 0.258 e. The molecule has 6 heterocycles. The number of carbonyl (C=O) groups is 3. The lowest BCUT2D eigenvalue weighted by atomic mass is 10.1. The number of H-pyrrole nitrogens is 1. The Kier molecular flexibility index (Phi) is 8.44. The minimum atomic E-state index is -0.465. The second-order valence-corrected chi connectivity index (χ2v) is 10.8. The number of nitrogens with one attached hydrogen (secondary N) is 3. The molecule has 1 saturated heterocycles. The molecule has 2 atom stereocenters. The maximum atomic E-state index is 13.7. The first-order chi connectivity index (χ1) is 21.4. The van der Waals surface area contributed by atoms with Crippen molar-refractivity contribution in [3.05, 3.63) is 95.8 Å². The molecule has 3 aromatic carbocycles. The Hall–Kier alpha value is -5.32. The first-order valence-corrected chi connectivity index (χ1v) is 14.4. The number of aryl methyl sites for hydroxylation is 1. The number of carbonyl (C=O) groups excluding carboxylic acids is 3. The summed E-state index contributed by atoms with van der Waals surface area (Å²) in [5.41, 5.74) is 4.07. The molecule has 11 heteroatoms. The summed E-state index contributed by atoms with van der Waals surface area (Å²) in [4.78, 5) is 41.0. The first kappa shape index (κ1) is 28.8. The van der Waals surface area contributed by atoms with Crippen LogP contribution in [0.5, 0.6) is 17.2 Å². The minimum absolute atomic E-state index is 0.147. The van der Waals surface area contributed by atoms with Crippen LogP contribution in [0.2, 0.25) is 0 Å². The predicted octanol–water partition coefficient (Wildman–Crippen LogP) is 3.11. The number of ether oxygens (including phenoxy) is 3. The van der Waals surface area contributed by atoms with Crippen LogP contribution < -0.4 is 24.8 Å². The zero-order chi connectivity index (χ0) is 30.5. The molecule has 0 aliphatic carbocycles. The molecular formula is C33H33N5O6. The Balaban J connectivity index is 1.23. The molecule has 0 spiro atoms. The van der Waals surface area contributed by atoms with E-state index in [0.717, 1.165) is 22.3 Å². The number of likely N-dealkylation sites (tertiary alicyclic amines) is 1. The fraction of sp³-hybridized carbons (Fsp3) is 0.273. The highest BCUT2D eigenvalue weighted by molar-refractivity contribution is 5.95. The molecule has 44 heavy (non-hydrogen) atoms. The second-order valence-electron chi connectivity index (χ2n) is 10.8. The molecule has 1 aromatic heterocycles. The van der Waals surface area contributed by atoms with Gasteiger partial charge in [0.15, 0.2) is 18.1 Å². The highest BCUT2D eigenvalue weighted by Gasteiger charge is 2.38. The van der Waals surface area contributed by atoms with E-state index in [1.165, 1.54) is 7.11 Å². The fourth-order valence-corrected chi connectivity index (χ4v) is 5.40. The lowest BCUT2D eigenvalue weighted by Gasteiger charge is -2.21. The molecule has 5 aliphatic rings. The Bertz CT molecular complexity index is 1640. The van der Waals surface area contributed by atoms with E-state index in [1.807, 2.05) is 48.5 Å². The van der Waals surface area contributed by atoms with Crippen molar-refractivity contribution in [2.75, 3.05) is 26.8 Å². The summed E-state index contributed by atoms with van der Waals surface area (Å²) in [6, 6.07) is 19.7. The average Bonchev–Trinajstić information content (AvgIpc) is 3.73. The lowest BCUT2D eigenvalue weighted by molar-refractivity contribution is -0.123. The van der Waals surface area contributed by atoms with Crippen LogP contribution in [0.1, 0.15) is 27.9 Å². The third-order valence-electron chi connectivity index (χ3n) is 7.77. The second kappa shape index (κ2) is 12.9. The number of methoxy groups -OCH3 is 1. The van der Waals surface area contributed by atoms with Gasteiger partial charge in [0.25, 0.3) is 11.8 Å². The summed E-state index contributed by atoms with van der Waals surface area (Å²) in [6.07, 6.45) is 3.71. The van der Waals surface area contributed by atoms with Crippen molar-refractivity contribution >= 4 is 17.7 Å². The number of hydrogen-bond donors (Lipinski definition) is 3. The Morgan fingerprint density at radius 2 is 1.80 bits per heavy atom. The van der Waals surface area contributed by atoms with Gasteiger partial charge in [-0.2, -0.15) is 5.10 Å². The third kappa shape index (κ3) is 6.67. The number of aromatic nitrogens is 2. The van der Waals surface area contributed by atoms with E-state index in [-0.39, 0.29) is 30.7 Å². The monoisotopic (exact) mass is 595 g/mol. The molecule has 1 fully saturated rings. The van der Waals surface area contributed by atoms with Crippen molar-refractivity contribution in [1.29, 1.82) is 0 Å². The molecule has 0 unspecified atom stereocenters. The largest absolute Gasteiger partial charge is 0.493 e. The number of aromatic amines is 1. The maximum absolute atomic E-state index is 13.7. The summed E-state index contributed by atoms with van der Waals surface area (Å²) in [7, 11) is 1.53. The molecule has 9 rings (SSSR count). The van der Waals surface area contributed by atoms with E-state index >= 15 is 0 Å². The topological polar surface area (TPSA) is 135 Å². The van der Waals surface area contributed by atoms with E-state index in [9.17, 15) is 14.4 Å². The third-order valence-corrected chi connectivity index (χ3v) is 7.77. The number of hydrogen-bond acceptors (Lipinski definition) is 7. The van der Waals surface area contributed by atoms with Crippen molar-refractivity contribution in [2.45, 2.75) is 31.5 Å². The fourth-order valence-electron chi connectivity index (χ4n) is 5.40. The average molecular weight is 596 g/mol. The summed E-state index contributed by atoms with van der Waals surface area (Å²) >= 11 is 0. The zero-order valence-corrected chi connectivity index (χ0v) is 24.2. The van der Waals surface area contributed by atoms with E-state index < -0.39 is 12.1 Å². The summed E-state index contributed by atoms with van der Waals surface area (Å²) in [6.45, 7) is 0.761. The Morgan fingerprint density at radius 1 is 0.955 bits per heavy atom. The normalized spacial score (nSPS) is 18.9. The molecule has 4 aromatic rings. The van der Waals surface area contributed by atoms with Crippen LogP contribution in [0.15, 0.2) is 79.1 Å². The molecule has 0 saturated carbocycles. The number of benzene rings is 3. The van der Waals surface area contributed by atoms with Crippen LogP contribution >= 0.6 is 0 Å². The first-order valence-electron chi connectivity index (χ1n) is 14.4. The highest BCUT2D eigenvalue weighted by atomic mass is 16.5. The van der Waals surface area contributed by atoms with E-state index in [4.69, 9.17) is 14.2 Å². The molecule has 5 aliphatic heterocycles. The molecule has 0 radical (unpaired) electrons. The van der Waals surface area contributed by atoms with Crippen molar-refractivity contribution in [3.63, 3.8) is 0 Å². The highest BCUT2D eigenvalue weighted by Crippen LogP contribution is 2.29. The SMILES string of the molecule is COc1cc2ccc1OCC(=O)NCc1ccc(cc1)O[C@H]1CN(C(=O)c3cccc(-c4cn[nH]c4)c3)C[C@@H]1NC(=O)CC2. The summed E-state index contributed by atoms with van der Waals surface area (Å²) in [5.74, 6) is 0.963. The minimum Gasteiger partial charge on any atom is -0.493 e.